The van der Waals surface area contributed by atoms with Gasteiger partial charge >= 0.3 is 0 Å². The Bertz CT molecular complexity index is 1250. The number of rotatable bonds is 6. The number of aromatic nitrogens is 1. The number of carbonyl (C=O) groups excluding carboxylic acids is 1. The largest absolute Gasteiger partial charge is 0.436 e. The third-order valence-electron chi connectivity index (χ3n) is 6.03. The molecule has 0 unspecified atom stereocenters. The standard InChI is InChI=1S/C28H27N3O3/c1-30(20-21-11-13-23(14-12-21)31-15-17-33-18-16-31)28(32)25-10-6-5-9-24(25)27-29-19-26(34-27)22-7-3-2-4-8-22/h2-14,19H,15-18,20H2,1H3. The van der Waals surface area contributed by atoms with Crippen LogP contribution in [0.25, 0.3) is 22.8 Å². The number of ether oxygens (including phenoxy) is 1. The molecule has 0 saturated carbocycles. The van der Waals surface area contributed by atoms with Crippen LogP contribution in [0.3, 0.4) is 0 Å². The van der Waals surface area contributed by atoms with Gasteiger partial charge in [-0.25, -0.2) is 4.98 Å². The van der Waals surface area contributed by atoms with Gasteiger partial charge in [0.05, 0.1) is 25.0 Å². The second-order valence-electron chi connectivity index (χ2n) is 8.37. The normalized spacial score (nSPS) is 13.6. The Balaban J connectivity index is 1.32. The summed E-state index contributed by atoms with van der Waals surface area (Å²) in [5, 5.41) is 0. The van der Waals surface area contributed by atoms with Crippen LogP contribution in [-0.2, 0) is 11.3 Å². The van der Waals surface area contributed by atoms with Crippen LogP contribution in [0.1, 0.15) is 15.9 Å². The van der Waals surface area contributed by atoms with E-state index in [1.54, 1.807) is 11.1 Å². The molecule has 172 valence electrons. The fraction of sp³-hybridized carbons (Fsp3) is 0.214. The Morgan fingerprint density at radius 3 is 2.41 bits per heavy atom. The van der Waals surface area contributed by atoms with E-state index in [-0.39, 0.29) is 5.91 Å². The van der Waals surface area contributed by atoms with Crippen LogP contribution in [-0.4, -0.2) is 49.1 Å². The zero-order valence-corrected chi connectivity index (χ0v) is 19.2. The van der Waals surface area contributed by atoms with Crippen molar-refractivity contribution in [2.24, 2.45) is 0 Å². The molecule has 34 heavy (non-hydrogen) atoms. The van der Waals surface area contributed by atoms with E-state index in [1.807, 2.05) is 61.6 Å². The van der Waals surface area contributed by atoms with Crippen molar-refractivity contribution >= 4 is 11.6 Å². The van der Waals surface area contributed by atoms with Gasteiger partial charge in [0.15, 0.2) is 5.76 Å². The summed E-state index contributed by atoms with van der Waals surface area (Å²) in [6.07, 6.45) is 1.70. The topological polar surface area (TPSA) is 58.8 Å². The van der Waals surface area contributed by atoms with Crippen molar-refractivity contribution in [3.63, 3.8) is 0 Å². The molecule has 3 aromatic carbocycles. The molecule has 2 heterocycles. The molecule has 1 aliphatic heterocycles. The molecule has 0 bridgehead atoms. The molecule has 4 aromatic rings. The lowest BCUT2D eigenvalue weighted by Gasteiger charge is -2.29. The molecule has 6 heteroatoms. The lowest BCUT2D eigenvalue weighted by molar-refractivity contribution is 0.0785. The van der Waals surface area contributed by atoms with Gasteiger partial charge in [0.1, 0.15) is 0 Å². The third kappa shape index (κ3) is 4.72. The summed E-state index contributed by atoms with van der Waals surface area (Å²) in [5.74, 6) is 1.03. The quantitative estimate of drug-likeness (QED) is 0.406. The molecule has 5 rings (SSSR count). The highest BCUT2D eigenvalue weighted by atomic mass is 16.5. The fourth-order valence-corrected chi connectivity index (χ4v) is 4.18. The molecule has 1 saturated heterocycles. The van der Waals surface area contributed by atoms with Gasteiger partial charge < -0.3 is 19.0 Å². The molecule has 0 aliphatic carbocycles. The molecule has 1 aliphatic rings. The summed E-state index contributed by atoms with van der Waals surface area (Å²) in [4.78, 5) is 21.9. The van der Waals surface area contributed by atoms with Crippen LogP contribution in [0, 0.1) is 0 Å². The van der Waals surface area contributed by atoms with Crippen molar-refractivity contribution in [3.8, 4) is 22.8 Å². The smallest absolute Gasteiger partial charge is 0.254 e. The Hall–Kier alpha value is -3.90. The Labute approximate surface area is 199 Å². The number of morpholine rings is 1. The predicted octanol–water partition coefficient (Wildman–Crippen LogP) is 5.12. The zero-order valence-electron chi connectivity index (χ0n) is 19.2. The first kappa shape index (κ1) is 21.9. The summed E-state index contributed by atoms with van der Waals surface area (Å²) in [6, 6.07) is 25.7. The Morgan fingerprint density at radius 2 is 1.65 bits per heavy atom. The Morgan fingerprint density at radius 1 is 0.941 bits per heavy atom. The van der Waals surface area contributed by atoms with Gasteiger partial charge in [-0.3, -0.25) is 4.79 Å². The van der Waals surface area contributed by atoms with Crippen molar-refractivity contribution in [1.29, 1.82) is 0 Å². The van der Waals surface area contributed by atoms with E-state index < -0.39 is 0 Å². The van der Waals surface area contributed by atoms with E-state index in [4.69, 9.17) is 9.15 Å². The van der Waals surface area contributed by atoms with E-state index in [9.17, 15) is 4.79 Å². The first-order valence-corrected chi connectivity index (χ1v) is 11.5. The molecule has 6 nitrogen and oxygen atoms in total. The van der Waals surface area contributed by atoms with Gasteiger partial charge in [-0.2, -0.15) is 0 Å². The van der Waals surface area contributed by atoms with Gasteiger partial charge in [-0.15, -0.1) is 0 Å². The average Bonchev–Trinajstić information content (AvgIpc) is 3.40. The molecule has 0 atom stereocenters. The highest BCUT2D eigenvalue weighted by Gasteiger charge is 2.20. The van der Waals surface area contributed by atoms with E-state index in [0.717, 1.165) is 37.4 Å². The van der Waals surface area contributed by atoms with Crippen LogP contribution in [0.4, 0.5) is 5.69 Å². The van der Waals surface area contributed by atoms with Crippen LogP contribution in [0.5, 0.6) is 0 Å². The molecular formula is C28H27N3O3. The van der Waals surface area contributed by atoms with Crippen molar-refractivity contribution in [2.45, 2.75) is 6.54 Å². The SMILES string of the molecule is CN(Cc1ccc(N2CCOCC2)cc1)C(=O)c1ccccc1-c1ncc(-c2ccccc2)o1. The maximum absolute atomic E-state index is 13.4. The number of amides is 1. The highest BCUT2D eigenvalue weighted by molar-refractivity contribution is 5.99. The Kier molecular flexibility index (Phi) is 6.40. The first-order valence-electron chi connectivity index (χ1n) is 11.5. The number of hydrogen-bond donors (Lipinski definition) is 0. The number of nitrogens with zero attached hydrogens (tertiary/aromatic N) is 3. The molecule has 0 spiro atoms. The lowest BCUT2D eigenvalue weighted by Crippen LogP contribution is -2.36. The van der Waals surface area contributed by atoms with Crippen LogP contribution in [0.2, 0.25) is 0 Å². The fourth-order valence-electron chi connectivity index (χ4n) is 4.18. The van der Waals surface area contributed by atoms with Crippen LogP contribution < -0.4 is 4.90 Å². The number of anilines is 1. The highest BCUT2D eigenvalue weighted by Crippen LogP contribution is 2.29. The van der Waals surface area contributed by atoms with Crippen molar-refractivity contribution in [3.05, 3.63) is 96.2 Å². The maximum atomic E-state index is 13.4. The molecule has 0 N–H and O–H groups in total. The summed E-state index contributed by atoms with van der Waals surface area (Å²) in [5.41, 5.74) is 4.46. The van der Waals surface area contributed by atoms with Crippen molar-refractivity contribution in [1.82, 2.24) is 9.88 Å². The minimum Gasteiger partial charge on any atom is -0.436 e. The van der Waals surface area contributed by atoms with Crippen LogP contribution in [0.15, 0.2) is 89.5 Å². The summed E-state index contributed by atoms with van der Waals surface area (Å²) >= 11 is 0. The van der Waals surface area contributed by atoms with E-state index >= 15 is 0 Å². The summed E-state index contributed by atoms with van der Waals surface area (Å²) in [6.45, 7) is 3.84. The van der Waals surface area contributed by atoms with Crippen molar-refractivity contribution in [2.75, 3.05) is 38.3 Å². The minimum atomic E-state index is -0.0766. The third-order valence-corrected chi connectivity index (χ3v) is 6.03. The second kappa shape index (κ2) is 9.93. The first-order chi connectivity index (χ1) is 16.7. The number of benzene rings is 3. The monoisotopic (exact) mass is 453 g/mol. The number of hydrogen-bond acceptors (Lipinski definition) is 5. The molecule has 1 amide bonds. The lowest BCUT2D eigenvalue weighted by atomic mass is 10.1. The maximum Gasteiger partial charge on any atom is 0.254 e. The predicted molar refractivity (Wildman–Crippen MR) is 133 cm³/mol. The minimum absolute atomic E-state index is 0.0766. The zero-order chi connectivity index (χ0) is 23.3. The van der Waals surface area contributed by atoms with Gasteiger partial charge in [0.2, 0.25) is 5.89 Å². The second-order valence-corrected chi connectivity index (χ2v) is 8.37. The van der Waals surface area contributed by atoms with Gasteiger partial charge in [0, 0.05) is 43.5 Å². The van der Waals surface area contributed by atoms with Gasteiger partial charge in [-0.05, 0) is 29.8 Å². The molecular weight excluding hydrogens is 426 g/mol. The van der Waals surface area contributed by atoms with Crippen molar-refractivity contribution < 1.29 is 13.9 Å². The van der Waals surface area contributed by atoms with E-state index in [2.05, 4.69) is 34.1 Å². The van der Waals surface area contributed by atoms with Gasteiger partial charge in [0.25, 0.3) is 5.91 Å². The van der Waals surface area contributed by atoms with Crippen LogP contribution >= 0.6 is 0 Å². The number of oxazole rings is 1. The molecule has 0 radical (unpaired) electrons. The average molecular weight is 454 g/mol. The summed E-state index contributed by atoms with van der Waals surface area (Å²) < 4.78 is 11.5. The number of carbonyl (C=O) groups is 1. The van der Waals surface area contributed by atoms with E-state index in [1.165, 1.54) is 5.69 Å². The summed E-state index contributed by atoms with van der Waals surface area (Å²) in [7, 11) is 1.82. The molecule has 1 fully saturated rings. The van der Waals surface area contributed by atoms with E-state index in [0.29, 0.717) is 29.3 Å². The van der Waals surface area contributed by atoms with Gasteiger partial charge in [-0.1, -0.05) is 54.6 Å². The molecule has 1 aromatic heterocycles.